The Kier molecular flexibility index (Phi) is 6.56. The Balaban J connectivity index is 1.45. The Morgan fingerprint density at radius 2 is 1.81 bits per heavy atom. The fourth-order valence-corrected chi connectivity index (χ4v) is 4.47. The second kappa shape index (κ2) is 9.96. The zero-order chi connectivity index (χ0) is 26.0. The maximum Gasteiger partial charge on any atom is 0.416 e. The molecule has 1 saturated heterocycles. The number of alkyl halides is 3. The van der Waals surface area contributed by atoms with Crippen LogP contribution in [0, 0.1) is 0 Å². The van der Waals surface area contributed by atoms with Gasteiger partial charge in [-0.25, -0.2) is 4.98 Å². The highest BCUT2D eigenvalue weighted by atomic mass is 19.4. The van der Waals surface area contributed by atoms with Gasteiger partial charge in [0.2, 0.25) is 11.8 Å². The fourth-order valence-electron chi connectivity index (χ4n) is 4.47. The number of fused-ring (bicyclic) bond motifs is 1. The van der Waals surface area contributed by atoms with E-state index >= 15 is 0 Å². The van der Waals surface area contributed by atoms with Crippen molar-refractivity contribution in [2.45, 2.75) is 25.4 Å². The van der Waals surface area contributed by atoms with Crippen LogP contribution >= 0.6 is 0 Å². The Hall–Kier alpha value is -4.34. The molecule has 1 amide bonds. The minimum absolute atomic E-state index is 0.0794. The van der Waals surface area contributed by atoms with Crippen LogP contribution in [-0.2, 0) is 6.18 Å². The largest absolute Gasteiger partial charge is 0.439 e. The Labute approximate surface area is 211 Å². The summed E-state index contributed by atoms with van der Waals surface area (Å²) >= 11 is 0. The minimum atomic E-state index is -4.52. The molecule has 0 bridgehead atoms. The molecule has 0 aliphatic carbocycles. The molecule has 4 aromatic rings. The van der Waals surface area contributed by atoms with Crippen LogP contribution in [0.3, 0.4) is 0 Å². The molecule has 10 heteroatoms. The molecular weight excluding hydrogens is 483 g/mol. The summed E-state index contributed by atoms with van der Waals surface area (Å²) in [6.07, 6.45) is -0.0736. The van der Waals surface area contributed by atoms with Crippen LogP contribution in [0.2, 0.25) is 0 Å². The molecule has 7 nitrogen and oxygen atoms in total. The second-order valence-electron chi connectivity index (χ2n) is 8.78. The van der Waals surface area contributed by atoms with Gasteiger partial charge in [-0.2, -0.15) is 18.2 Å². The van der Waals surface area contributed by atoms with Crippen LogP contribution in [-0.4, -0.2) is 29.0 Å². The van der Waals surface area contributed by atoms with E-state index in [9.17, 15) is 18.0 Å². The van der Waals surface area contributed by atoms with E-state index in [0.29, 0.717) is 27.8 Å². The Morgan fingerprint density at radius 1 is 1.00 bits per heavy atom. The standard InChI is InChI=1S/C27H24F3N5O2/c28-27(29,30)18-7-10-23(35-13-2-1-3-14-35)22(16-18)33-25(36)21-6-4-5-17-15-19(8-9-20(17)21)37-24-11-12-32-26(31)34-24/h4-12,15-16H,1-3,13-14H2,(H,33,36)(H2,31,32,34). The summed E-state index contributed by atoms with van der Waals surface area (Å²) in [6.45, 7) is 1.45. The van der Waals surface area contributed by atoms with E-state index in [-0.39, 0.29) is 17.5 Å². The molecule has 3 N–H and O–H groups in total. The lowest BCUT2D eigenvalue weighted by atomic mass is 10.0. The highest BCUT2D eigenvalue weighted by Crippen LogP contribution is 2.37. The van der Waals surface area contributed by atoms with Crippen LogP contribution in [0.5, 0.6) is 11.6 Å². The highest BCUT2D eigenvalue weighted by molar-refractivity contribution is 6.14. The van der Waals surface area contributed by atoms with Crippen molar-refractivity contribution in [2.75, 3.05) is 29.0 Å². The average molecular weight is 508 g/mol. The normalized spacial score (nSPS) is 14.0. The molecule has 3 aromatic carbocycles. The number of piperidine rings is 1. The number of nitrogens with zero attached hydrogens (tertiary/aromatic N) is 3. The molecule has 0 atom stereocenters. The number of nitrogens with one attached hydrogen (secondary N) is 1. The van der Waals surface area contributed by atoms with Crippen molar-refractivity contribution >= 4 is 34.0 Å². The first-order valence-electron chi connectivity index (χ1n) is 11.8. The number of anilines is 3. The van der Waals surface area contributed by atoms with Gasteiger partial charge in [0.15, 0.2) is 0 Å². The highest BCUT2D eigenvalue weighted by Gasteiger charge is 2.32. The van der Waals surface area contributed by atoms with Gasteiger partial charge < -0.3 is 20.7 Å². The molecule has 0 spiro atoms. The molecular formula is C27H24F3N5O2. The number of nitrogens with two attached hydrogens (primary N) is 1. The molecule has 190 valence electrons. The lowest BCUT2D eigenvalue weighted by Gasteiger charge is -2.31. The number of carbonyl (C=O) groups is 1. The second-order valence-corrected chi connectivity index (χ2v) is 8.78. The number of amides is 1. The third-order valence-corrected chi connectivity index (χ3v) is 6.24. The molecule has 0 radical (unpaired) electrons. The maximum absolute atomic E-state index is 13.5. The van der Waals surface area contributed by atoms with Crippen molar-refractivity contribution in [1.29, 1.82) is 0 Å². The van der Waals surface area contributed by atoms with E-state index in [1.165, 1.54) is 12.3 Å². The molecule has 0 unspecified atom stereocenters. The van der Waals surface area contributed by atoms with E-state index < -0.39 is 17.6 Å². The number of benzene rings is 3. The van der Waals surface area contributed by atoms with Crippen molar-refractivity contribution in [3.05, 3.63) is 78.0 Å². The van der Waals surface area contributed by atoms with Gasteiger partial charge in [-0.05, 0) is 72.5 Å². The number of halogens is 3. The van der Waals surface area contributed by atoms with Crippen LogP contribution in [0.4, 0.5) is 30.5 Å². The maximum atomic E-state index is 13.5. The van der Waals surface area contributed by atoms with Crippen molar-refractivity contribution in [3.8, 4) is 11.6 Å². The SMILES string of the molecule is Nc1nccc(Oc2ccc3c(C(=O)Nc4cc(C(F)(F)F)ccc4N4CCCCC4)cccc3c2)n1. The molecule has 2 heterocycles. The van der Waals surface area contributed by atoms with Crippen molar-refractivity contribution in [1.82, 2.24) is 9.97 Å². The van der Waals surface area contributed by atoms with Gasteiger partial charge in [0.25, 0.3) is 5.91 Å². The molecule has 1 aliphatic heterocycles. The summed E-state index contributed by atoms with van der Waals surface area (Å²) in [5.41, 5.74) is 5.84. The molecule has 1 fully saturated rings. The van der Waals surface area contributed by atoms with E-state index in [0.717, 1.165) is 44.5 Å². The summed E-state index contributed by atoms with van der Waals surface area (Å²) in [5.74, 6) is 0.333. The summed E-state index contributed by atoms with van der Waals surface area (Å²) in [5, 5.41) is 4.09. The Morgan fingerprint density at radius 3 is 2.57 bits per heavy atom. The van der Waals surface area contributed by atoms with Gasteiger partial charge in [-0.15, -0.1) is 0 Å². The zero-order valence-electron chi connectivity index (χ0n) is 19.8. The van der Waals surface area contributed by atoms with Crippen molar-refractivity contribution < 1.29 is 22.7 Å². The molecule has 37 heavy (non-hydrogen) atoms. The van der Waals surface area contributed by atoms with E-state index in [2.05, 4.69) is 15.3 Å². The van der Waals surface area contributed by atoms with Gasteiger partial charge in [-0.1, -0.05) is 12.1 Å². The number of nitrogen functional groups attached to an aromatic ring is 1. The van der Waals surface area contributed by atoms with Crippen LogP contribution < -0.4 is 20.7 Å². The lowest BCUT2D eigenvalue weighted by molar-refractivity contribution is -0.137. The van der Waals surface area contributed by atoms with Crippen molar-refractivity contribution in [3.63, 3.8) is 0 Å². The summed E-state index contributed by atoms with van der Waals surface area (Å²) < 4.78 is 46.2. The average Bonchev–Trinajstić information content (AvgIpc) is 2.88. The van der Waals surface area contributed by atoms with Crippen LogP contribution in [0.25, 0.3) is 10.8 Å². The number of aromatic nitrogens is 2. The van der Waals surface area contributed by atoms with Crippen LogP contribution in [0.15, 0.2) is 66.9 Å². The van der Waals surface area contributed by atoms with Crippen LogP contribution in [0.1, 0.15) is 35.2 Å². The zero-order valence-corrected chi connectivity index (χ0v) is 19.8. The fraction of sp³-hybridized carbons (Fsp3) is 0.222. The Bertz CT molecular complexity index is 1450. The van der Waals surface area contributed by atoms with Gasteiger partial charge in [0.05, 0.1) is 16.9 Å². The lowest BCUT2D eigenvalue weighted by Crippen LogP contribution is -2.30. The monoisotopic (exact) mass is 507 g/mol. The van der Waals surface area contributed by atoms with Gasteiger partial charge in [0.1, 0.15) is 5.75 Å². The number of carbonyl (C=O) groups excluding carboxylic acids is 1. The first kappa shape index (κ1) is 24.4. The topological polar surface area (TPSA) is 93.4 Å². The number of hydrogen-bond acceptors (Lipinski definition) is 6. The molecule has 0 saturated carbocycles. The van der Waals surface area contributed by atoms with Gasteiger partial charge in [-0.3, -0.25) is 4.79 Å². The van der Waals surface area contributed by atoms with Gasteiger partial charge in [0, 0.05) is 30.9 Å². The summed E-state index contributed by atoms with van der Waals surface area (Å²) in [7, 11) is 0. The summed E-state index contributed by atoms with van der Waals surface area (Å²) in [6, 6.07) is 15.4. The predicted molar refractivity (Wildman–Crippen MR) is 136 cm³/mol. The quantitative estimate of drug-likeness (QED) is 0.331. The third-order valence-electron chi connectivity index (χ3n) is 6.24. The number of ether oxygens (including phenoxy) is 1. The number of rotatable bonds is 5. The van der Waals surface area contributed by atoms with Gasteiger partial charge >= 0.3 is 6.18 Å². The van der Waals surface area contributed by atoms with E-state index in [4.69, 9.17) is 10.5 Å². The minimum Gasteiger partial charge on any atom is -0.439 e. The first-order chi connectivity index (χ1) is 17.8. The molecule has 5 rings (SSSR count). The summed E-state index contributed by atoms with van der Waals surface area (Å²) in [4.78, 5) is 23.2. The smallest absolute Gasteiger partial charge is 0.416 e. The van der Waals surface area contributed by atoms with E-state index in [1.54, 1.807) is 36.4 Å². The predicted octanol–water partition coefficient (Wildman–Crippen LogP) is 6.27. The third kappa shape index (κ3) is 5.42. The van der Waals surface area contributed by atoms with E-state index in [1.807, 2.05) is 11.0 Å². The first-order valence-corrected chi connectivity index (χ1v) is 11.8. The molecule has 1 aliphatic rings. The van der Waals surface area contributed by atoms with Crippen molar-refractivity contribution in [2.24, 2.45) is 0 Å². The number of hydrogen-bond donors (Lipinski definition) is 2. The molecule has 1 aromatic heterocycles.